The number of nitrogens with one attached hydrogen (secondary N) is 1. The monoisotopic (exact) mass is 453 g/mol. The van der Waals surface area contributed by atoms with Crippen LogP contribution in [0.5, 0.6) is 0 Å². The third-order valence-corrected chi connectivity index (χ3v) is 6.79. The van der Waals surface area contributed by atoms with E-state index in [-0.39, 0.29) is 23.7 Å². The third kappa shape index (κ3) is 3.33. The molecule has 0 saturated heterocycles. The average Bonchev–Trinajstić information content (AvgIpc) is 3.24. The number of ketones is 1. The molecule has 1 aliphatic carbocycles. The second-order valence-electron chi connectivity index (χ2n) is 7.75. The predicted octanol–water partition coefficient (Wildman–Crippen LogP) is 7.70. The van der Waals surface area contributed by atoms with E-state index in [1.54, 1.807) is 12.1 Å². The lowest BCUT2D eigenvalue weighted by atomic mass is 9.76. The highest BCUT2D eigenvalue weighted by molar-refractivity contribution is 6.35. The molecule has 5 rings (SSSR count). The van der Waals surface area contributed by atoms with Crippen molar-refractivity contribution in [3.63, 3.8) is 0 Å². The highest BCUT2D eigenvalue weighted by Gasteiger charge is 2.40. The Kier molecular flexibility index (Phi) is 5.10. The summed E-state index contributed by atoms with van der Waals surface area (Å²) in [6, 6.07) is 18.6. The minimum Gasteiger partial charge on any atom is -0.377 e. The summed E-state index contributed by atoms with van der Waals surface area (Å²) >= 11 is 19.2. The van der Waals surface area contributed by atoms with E-state index in [9.17, 15) is 4.79 Å². The molecular formula is C25H18Cl3NO. The third-order valence-electron chi connectivity index (χ3n) is 6.01. The van der Waals surface area contributed by atoms with Crippen LogP contribution in [0.15, 0.2) is 72.8 Å². The van der Waals surface area contributed by atoms with Crippen LogP contribution in [0.3, 0.4) is 0 Å². The van der Waals surface area contributed by atoms with Gasteiger partial charge >= 0.3 is 0 Å². The Bertz CT molecular complexity index is 1170. The zero-order chi connectivity index (χ0) is 20.8. The van der Waals surface area contributed by atoms with Crippen molar-refractivity contribution in [2.24, 2.45) is 5.92 Å². The molecule has 0 bridgehead atoms. The first-order valence-corrected chi connectivity index (χ1v) is 11.0. The van der Waals surface area contributed by atoms with Crippen LogP contribution in [0, 0.1) is 5.92 Å². The van der Waals surface area contributed by atoms with Crippen molar-refractivity contribution in [1.82, 2.24) is 0 Å². The van der Waals surface area contributed by atoms with Crippen molar-refractivity contribution >= 4 is 46.3 Å². The number of anilines is 1. The maximum Gasteiger partial charge on any atom is 0.195 e. The van der Waals surface area contributed by atoms with Crippen LogP contribution in [0.2, 0.25) is 15.1 Å². The van der Waals surface area contributed by atoms with Gasteiger partial charge in [-0.3, -0.25) is 4.79 Å². The highest BCUT2D eigenvalue weighted by atomic mass is 35.5. The van der Waals surface area contributed by atoms with Crippen LogP contribution < -0.4 is 5.32 Å². The summed E-state index contributed by atoms with van der Waals surface area (Å²) in [6.07, 6.45) is 5.34. The summed E-state index contributed by atoms with van der Waals surface area (Å²) < 4.78 is 0. The molecule has 2 nitrogen and oxygen atoms in total. The average molecular weight is 455 g/mol. The van der Waals surface area contributed by atoms with E-state index in [1.807, 2.05) is 48.5 Å². The molecular weight excluding hydrogens is 437 g/mol. The van der Waals surface area contributed by atoms with Gasteiger partial charge in [-0.1, -0.05) is 83.4 Å². The molecule has 30 heavy (non-hydrogen) atoms. The van der Waals surface area contributed by atoms with Gasteiger partial charge in [-0.15, -0.1) is 0 Å². The normalized spacial score (nSPS) is 21.6. The van der Waals surface area contributed by atoms with E-state index in [1.165, 1.54) is 0 Å². The maximum atomic E-state index is 13.4. The first-order chi connectivity index (χ1) is 14.5. The van der Waals surface area contributed by atoms with E-state index >= 15 is 0 Å². The summed E-state index contributed by atoms with van der Waals surface area (Å²) in [5, 5.41) is 5.44. The van der Waals surface area contributed by atoms with Gasteiger partial charge in [0.25, 0.3) is 0 Å². The number of rotatable bonds is 3. The van der Waals surface area contributed by atoms with Crippen molar-refractivity contribution < 1.29 is 4.79 Å². The molecule has 2 aliphatic rings. The number of hydrogen-bond acceptors (Lipinski definition) is 2. The van der Waals surface area contributed by atoms with Gasteiger partial charge in [0.2, 0.25) is 0 Å². The minimum absolute atomic E-state index is 0.0363. The Labute approximate surface area is 190 Å². The number of halogens is 3. The van der Waals surface area contributed by atoms with E-state index in [2.05, 4.69) is 17.5 Å². The minimum atomic E-state index is -0.0526. The lowest BCUT2D eigenvalue weighted by Gasteiger charge is -2.39. The Morgan fingerprint density at radius 2 is 1.70 bits per heavy atom. The standard InChI is InChI=1S/C25H18Cl3NO/c26-15-9-10-19(22(28)13-15)23-18-8-4-7-17(18)20-11-16(27)12-21(24(20)29-23)25(30)14-5-2-1-3-6-14/h1-7,9-13,17-18,23,29H,8H2/t17-,18-,23-/m0/s1. The Balaban J connectivity index is 1.66. The molecule has 0 saturated carbocycles. The van der Waals surface area contributed by atoms with Gasteiger partial charge in [-0.25, -0.2) is 0 Å². The fourth-order valence-corrected chi connectivity index (χ4v) is 5.40. The van der Waals surface area contributed by atoms with Crippen molar-refractivity contribution in [3.05, 3.63) is 110 Å². The summed E-state index contributed by atoms with van der Waals surface area (Å²) in [5.74, 6) is 0.400. The van der Waals surface area contributed by atoms with Crippen LogP contribution in [0.1, 0.15) is 45.4 Å². The largest absolute Gasteiger partial charge is 0.377 e. The lowest BCUT2D eigenvalue weighted by Crippen LogP contribution is -2.30. The molecule has 1 heterocycles. The molecule has 0 fully saturated rings. The molecule has 5 heteroatoms. The summed E-state index contributed by atoms with van der Waals surface area (Å²) in [5.41, 5.74) is 4.09. The molecule has 1 N–H and O–H groups in total. The number of fused-ring (bicyclic) bond motifs is 3. The molecule has 0 aromatic heterocycles. The van der Waals surface area contributed by atoms with E-state index in [0.717, 1.165) is 23.2 Å². The second-order valence-corrected chi connectivity index (χ2v) is 9.03. The van der Waals surface area contributed by atoms with Gasteiger partial charge in [0.15, 0.2) is 5.78 Å². The Morgan fingerprint density at radius 3 is 2.47 bits per heavy atom. The van der Waals surface area contributed by atoms with Crippen LogP contribution in [0.25, 0.3) is 0 Å². The van der Waals surface area contributed by atoms with Gasteiger partial charge < -0.3 is 5.32 Å². The smallest absolute Gasteiger partial charge is 0.195 e. The van der Waals surface area contributed by atoms with Crippen molar-refractivity contribution in [2.45, 2.75) is 18.4 Å². The first-order valence-electron chi connectivity index (χ1n) is 9.84. The molecule has 150 valence electrons. The van der Waals surface area contributed by atoms with Gasteiger partial charge in [-0.2, -0.15) is 0 Å². The van der Waals surface area contributed by atoms with Crippen molar-refractivity contribution in [3.8, 4) is 0 Å². The zero-order valence-corrected chi connectivity index (χ0v) is 18.2. The van der Waals surface area contributed by atoms with Gasteiger partial charge in [0, 0.05) is 37.8 Å². The van der Waals surface area contributed by atoms with E-state index in [0.29, 0.717) is 26.2 Å². The Morgan fingerprint density at radius 1 is 0.900 bits per heavy atom. The maximum absolute atomic E-state index is 13.4. The molecule has 0 unspecified atom stereocenters. The van der Waals surface area contributed by atoms with Crippen molar-refractivity contribution in [1.29, 1.82) is 0 Å². The Hall–Kier alpha value is -2.26. The van der Waals surface area contributed by atoms with Crippen LogP contribution >= 0.6 is 34.8 Å². The van der Waals surface area contributed by atoms with Crippen LogP contribution in [-0.4, -0.2) is 5.78 Å². The first kappa shape index (κ1) is 19.7. The molecule has 1 aliphatic heterocycles. The van der Waals surface area contributed by atoms with Gasteiger partial charge in [0.05, 0.1) is 6.04 Å². The van der Waals surface area contributed by atoms with E-state index < -0.39 is 0 Å². The summed E-state index contributed by atoms with van der Waals surface area (Å²) in [6.45, 7) is 0. The highest BCUT2D eigenvalue weighted by Crippen LogP contribution is 2.52. The number of hydrogen-bond donors (Lipinski definition) is 1. The van der Waals surface area contributed by atoms with Crippen LogP contribution in [-0.2, 0) is 0 Å². The number of carbonyl (C=O) groups is 1. The van der Waals surface area contributed by atoms with E-state index in [4.69, 9.17) is 34.8 Å². The second kappa shape index (κ2) is 7.77. The molecule has 0 radical (unpaired) electrons. The quantitative estimate of drug-likeness (QED) is 0.324. The molecule has 0 spiro atoms. The topological polar surface area (TPSA) is 29.1 Å². The molecule has 3 aromatic carbocycles. The molecule has 3 atom stereocenters. The SMILES string of the molecule is O=C(c1ccccc1)c1cc(Cl)cc2c1N[C@H](c1ccc(Cl)cc1Cl)[C@H]1CC=C[C@H]21. The fraction of sp³-hybridized carbons (Fsp3) is 0.160. The fourth-order valence-electron chi connectivity index (χ4n) is 4.65. The van der Waals surface area contributed by atoms with Gasteiger partial charge in [0.1, 0.15) is 0 Å². The number of carbonyl (C=O) groups excluding carboxylic acids is 1. The van der Waals surface area contributed by atoms with Gasteiger partial charge in [-0.05, 0) is 47.7 Å². The van der Waals surface area contributed by atoms with Crippen LogP contribution in [0.4, 0.5) is 5.69 Å². The predicted molar refractivity (Wildman–Crippen MR) is 124 cm³/mol. The number of allylic oxidation sites excluding steroid dienone is 2. The summed E-state index contributed by atoms with van der Waals surface area (Å²) in [4.78, 5) is 13.4. The molecule has 0 amide bonds. The lowest BCUT2D eigenvalue weighted by molar-refractivity contribution is 0.103. The molecule has 3 aromatic rings. The van der Waals surface area contributed by atoms with Crippen molar-refractivity contribution in [2.75, 3.05) is 5.32 Å². The number of benzene rings is 3. The summed E-state index contributed by atoms with van der Waals surface area (Å²) in [7, 11) is 0. The zero-order valence-electron chi connectivity index (χ0n) is 15.9.